The molecule has 2 N–H and O–H groups in total. The van der Waals surface area contributed by atoms with Crippen LogP contribution >= 0.6 is 11.6 Å². The van der Waals surface area contributed by atoms with Crippen molar-refractivity contribution < 1.29 is 18.7 Å². The molecule has 1 fully saturated rings. The topological polar surface area (TPSA) is 92.9 Å². The SMILES string of the molecule is C[C@@H]1C[C@@H](Nc2ncncc2C(=O)c2ccn(Cc3ccc(F)c(Cl)c3)n2)[C@@H](F)[C@@H]1O. The number of hydrogen-bond donors (Lipinski definition) is 2. The van der Waals surface area contributed by atoms with Crippen LogP contribution in [0.1, 0.15) is 35.0 Å². The van der Waals surface area contributed by atoms with Crippen molar-refractivity contribution in [2.45, 2.75) is 38.2 Å². The van der Waals surface area contributed by atoms with Crippen LogP contribution in [0.3, 0.4) is 0 Å². The van der Waals surface area contributed by atoms with Gasteiger partial charge in [-0.15, -0.1) is 0 Å². The molecule has 4 rings (SSSR count). The highest BCUT2D eigenvalue weighted by molar-refractivity contribution is 6.30. The second-order valence-corrected chi connectivity index (χ2v) is 8.07. The smallest absolute Gasteiger partial charge is 0.218 e. The van der Waals surface area contributed by atoms with E-state index < -0.39 is 29.9 Å². The van der Waals surface area contributed by atoms with E-state index in [1.54, 1.807) is 25.3 Å². The van der Waals surface area contributed by atoms with Gasteiger partial charge >= 0.3 is 0 Å². The standard InChI is InChI=1S/C21H20ClF2N5O2/c1-11-6-17(18(24)19(11)30)27-21-13(8-25-10-26-21)20(31)16-4-5-29(28-16)9-12-2-3-15(23)14(22)7-12/h2-5,7-8,10-11,17-19,30H,6,9H2,1H3,(H,25,26,27)/t11-,17-,18-,19-/m1/s1. The van der Waals surface area contributed by atoms with Crippen LogP contribution in [0.5, 0.6) is 0 Å². The number of aliphatic hydroxyl groups is 1. The van der Waals surface area contributed by atoms with E-state index in [2.05, 4.69) is 20.4 Å². The Bertz CT molecular complexity index is 1110. The zero-order valence-electron chi connectivity index (χ0n) is 16.5. The van der Waals surface area contributed by atoms with Gasteiger partial charge in [-0.1, -0.05) is 24.6 Å². The summed E-state index contributed by atoms with van der Waals surface area (Å²) in [6.07, 6.45) is 2.11. The maximum atomic E-state index is 14.3. The Kier molecular flexibility index (Phi) is 5.97. The molecule has 0 radical (unpaired) electrons. The van der Waals surface area contributed by atoms with Crippen molar-refractivity contribution in [2.24, 2.45) is 5.92 Å². The van der Waals surface area contributed by atoms with Crippen molar-refractivity contribution in [3.8, 4) is 0 Å². The number of nitrogens with one attached hydrogen (secondary N) is 1. The van der Waals surface area contributed by atoms with Gasteiger partial charge in [0.1, 0.15) is 29.8 Å². The highest BCUT2D eigenvalue weighted by atomic mass is 35.5. The highest BCUT2D eigenvalue weighted by Crippen LogP contribution is 2.31. The number of nitrogens with zero attached hydrogens (tertiary/aromatic N) is 4. The molecule has 1 aliphatic rings. The monoisotopic (exact) mass is 447 g/mol. The third-order valence-corrected chi connectivity index (χ3v) is 5.69. The van der Waals surface area contributed by atoms with Crippen LogP contribution < -0.4 is 5.32 Å². The largest absolute Gasteiger partial charge is 0.390 e. The number of carbonyl (C=O) groups is 1. The van der Waals surface area contributed by atoms with Crippen LogP contribution in [-0.4, -0.2) is 49.0 Å². The number of alkyl halides is 1. The van der Waals surface area contributed by atoms with Crippen LogP contribution in [-0.2, 0) is 6.54 Å². The minimum atomic E-state index is -1.46. The molecule has 1 aliphatic carbocycles. The minimum Gasteiger partial charge on any atom is -0.390 e. The molecule has 3 aromatic rings. The molecule has 0 aliphatic heterocycles. The molecule has 0 bridgehead atoms. The van der Waals surface area contributed by atoms with Gasteiger partial charge in [0.05, 0.1) is 29.3 Å². The van der Waals surface area contributed by atoms with Gasteiger partial charge in [0.2, 0.25) is 5.78 Å². The summed E-state index contributed by atoms with van der Waals surface area (Å²) in [5.74, 6) is -0.954. The lowest BCUT2D eigenvalue weighted by Crippen LogP contribution is -2.32. The molecule has 162 valence electrons. The molecular weight excluding hydrogens is 428 g/mol. The Morgan fingerprint density at radius 2 is 2.19 bits per heavy atom. The maximum Gasteiger partial charge on any atom is 0.218 e. The van der Waals surface area contributed by atoms with Crippen molar-refractivity contribution in [3.63, 3.8) is 0 Å². The number of aromatic nitrogens is 4. The average molecular weight is 448 g/mol. The molecule has 0 amide bonds. The number of ketones is 1. The quantitative estimate of drug-likeness (QED) is 0.563. The second kappa shape index (κ2) is 8.68. The van der Waals surface area contributed by atoms with Gasteiger partial charge in [0.25, 0.3) is 0 Å². The summed E-state index contributed by atoms with van der Waals surface area (Å²) in [6, 6.07) is 5.24. The zero-order chi connectivity index (χ0) is 22.1. The first-order chi connectivity index (χ1) is 14.8. The number of rotatable bonds is 6. The lowest BCUT2D eigenvalue weighted by molar-refractivity contribution is 0.0725. The Labute approximate surface area is 182 Å². The van der Waals surface area contributed by atoms with Gasteiger partial charge in [-0.25, -0.2) is 18.7 Å². The fourth-order valence-corrected chi connectivity index (χ4v) is 3.88. The third-order valence-electron chi connectivity index (χ3n) is 5.40. The summed E-state index contributed by atoms with van der Waals surface area (Å²) in [4.78, 5) is 21.0. The lowest BCUT2D eigenvalue weighted by atomic mass is 10.1. The fourth-order valence-electron chi connectivity index (χ4n) is 3.68. The summed E-state index contributed by atoms with van der Waals surface area (Å²) in [5, 5.41) is 17.1. The molecule has 2 aromatic heterocycles. The zero-order valence-corrected chi connectivity index (χ0v) is 17.3. The summed E-state index contributed by atoms with van der Waals surface area (Å²) >= 11 is 5.81. The first-order valence-electron chi connectivity index (χ1n) is 9.74. The number of anilines is 1. The van der Waals surface area contributed by atoms with Gasteiger partial charge in [-0.05, 0) is 36.1 Å². The number of hydrogen-bond acceptors (Lipinski definition) is 6. The first kappa shape index (κ1) is 21.3. The molecule has 0 spiro atoms. The number of benzene rings is 1. The van der Waals surface area contributed by atoms with E-state index in [-0.39, 0.29) is 28.0 Å². The molecule has 10 heteroatoms. The molecule has 2 heterocycles. The van der Waals surface area contributed by atoms with Gasteiger partial charge in [-0.3, -0.25) is 9.48 Å². The molecule has 31 heavy (non-hydrogen) atoms. The number of carbonyl (C=O) groups excluding carboxylic acids is 1. The van der Waals surface area contributed by atoms with Gasteiger partial charge in [0, 0.05) is 12.4 Å². The Hall–Kier alpha value is -2.91. The molecule has 1 saturated carbocycles. The van der Waals surface area contributed by atoms with E-state index in [9.17, 15) is 18.7 Å². The van der Waals surface area contributed by atoms with Crippen LogP contribution in [0.2, 0.25) is 5.02 Å². The Balaban J connectivity index is 1.52. The normalized spacial score (nSPS) is 23.1. The third kappa shape index (κ3) is 4.42. The fraction of sp³-hybridized carbons (Fsp3) is 0.333. The van der Waals surface area contributed by atoms with Crippen molar-refractivity contribution in [3.05, 3.63) is 70.6 Å². The van der Waals surface area contributed by atoms with Crippen LogP contribution in [0.15, 0.2) is 43.0 Å². The van der Waals surface area contributed by atoms with Crippen molar-refractivity contribution in [1.29, 1.82) is 0 Å². The van der Waals surface area contributed by atoms with E-state index in [4.69, 9.17) is 11.6 Å². The minimum absolute atomic E-state index is 0.00984. The van der Waals surface area contributed by atoms with Crippen LogP contribution in [0, 0.1) is 11.7 Å². The van der Waals surface area contributed by atoms with Crippen molar-refractivity contribution in [1.82, 2.24) is 19.7 Å². The van der Waals surface area contributed by atoms with E-state index in [1.807, 2.05) is 0 Å². The predicted octanol–water partition coefficient (Wildman–Crippen LogP) is 3.26. The van der Waals surface area contributed by atoms with Gasteiger partial charge < -0.3 is 10.4 Å². The highest BCUT2D eigenvalue weighted by Gasteiger charge is 2.41. The number of aliphatic hydroxyl groups excluding tert-OH is 1. The average Bonchev–Trinajstić information content (AvgIpc) is 3.31. The second-order valence-electron chi connectivity index (χ2n) is 7.66. The van der Waals surface area contributed by atoms with E-state index >= 15 is 0 Å². The summed E-state index contributed by atoms with van der Waals surface area (Å²) in [5.41, 5.74) is 1.03. The molecule has 0 unspecified atom stereocenters. The van der Waals surface area contributed by atoms with Crippen molar-refractivity contribution >= 4 is 23.2 Å². The van der Waals surface area contributed by atoms with E-state index in [1.165, 1.54) is 29.3 Å². The van der Waals surface area contributed by atoms with Crippen LogP contribution in [0.4, 0.5) is 14.6 Å². The molecule has 7 nitrogen and oxygen atoms in total. The predicted molar refractivity (Wildman–Crippen MR) is 110 cm³/mol. The molecule has 4 atom stereocenters. The lowest BCUT2D eigenvalue weighted by Gasteiger charge is -2.18. The van der Waals surface area contributed by atoms with Gasteiger partial charge in [0.15, 0.2) is 0 Å². The molecule has 1 aromatic carbocycles. The van der Waals surface area contributed by atoms with E-state index in [0.29, 0.717) is 13.0 Å². The summed E-state index contributed by atoms with van der Waals surface area (Å²) in [7, 11) is 0. The van der Waals surface area contributed by atoms with Crippen molar-refractivity contribution in [2.75, 3.05) is 5.32 Å². The van der Waals surface area contributed by atoms with Gasteiger partial charge in [-0.2, -0.15) is 5.10 Å². The summed E-state index contributed by atoms with van der Waals surface area (Å²) < 4.78 is 29.2. The number of halogens is 3. The molecule has 0 saturated heterocycles. The molecular formula is C21H20ClF2N5O2. The maximum absolute atomic E-state index is 14.3. The van der Waals surface area contributed by atoms with E-state index in [0.717, 1.165) is 5.56 Å². The Morgan fingerprint density at radius 1 is 1.39 bits per heavy atom. The first-order valence-corrected chi connectivity index (χ1v) is 10.1. The van der Waals surface area contributed by atoms with Crippen LogP contribution in [0.25, 0.3) is 0 Å². The Morgan fingerprint density at radius 3 is 2.90 bits per heavy atom. The summed E-state index contributed by atoms with van der Waals surface area (Å²) in [6.45, 7) is 2.07.